The van der Waals surface area contributed by atoms with Gasteiger partial charge in [0, 0.05) is 30.3 Å². The third kappa shape index (κ3) is 4.30. The maximum absolute atomic E-state index is 12.0. The molecule has 0 spiro atoms. The van der Waals surface area contributed by atoms with Crippen molar-refractivity contribution in [3.8, 4) is 5.75 Å². The van der Waals surface area contributed by atoms with Crippen LogP contribution in [-0.4, -0.2) is 37.1 Å². The Kier molecular flexibility index (Phi) is 6.39. The van der Waals surface area contributed by atoms with Crippen molar-refractivity contribution in [2.45, 2.75) is 18.9 Å². The number of nitrogens with one attached hydrogen (secondary N) is 2. The first-order valence-corrected chi connectivity index (χ1v) is 6.46. The molecule has 0 radical (unpaired) electrons. The first-order chi connectivity index (χ1) is 9.61. The lowest BCUT2D eigenvalue weighted by Gasteiger charge is -2.11. The van der Waals surface area contributed by atoms with Gasteiger partial charge in [0.05, 0.1) is 12.0 Å². The van der Waals surface area contributed by atoms with Crippen LogP contribution >= 0.6 is 12.4 Å². The molecule has 2 rings (SSSR count). The number of nitro benzene ring substituents is 1. The Balaban J connectivity index is 0.00000220. The Morgan fingerprint density at radius 2 is 2.33 bits per heavy atom. The van der Waals surface area contributed by atoms with Crippen LogP contribution in [0.4, 0.5) is 5.69 Å². The van der Waals surface area contributed by atoms with Crippen molar-refractivity contribution in [2.24, 2.45) is 0 Å². The van der Waals surface area contributed by atoms with Gasteiger partial charge in [0.25, 0.3) is 5.91 Å². The molecule has 1 saturated heterocycles. The largest absolute Gasteiger partial charge is 0.490 e. The Morgan fingerprint density at radius 3 is 2.90 bits per heavy atom. The van der Waals surface area contributed by atoms with Crippen LogP contribution in [0.15, 0.2) is 18.2 Å². The van der Waals surface area contributed by atoms with Crippen molar-refractivity contribution >= 4 is 24.0 Å². The quantitative estimate of drug-likeness (QED) is 0.634. The summed E-state index contributed by atoms with van der Waals surface area (Å²) in [5.41, 5.74) is 0.201. The standard InChI is InChI=1S/C13H17N3O4.ClH/c1-20-12-7-9(4-5-11(12)16(18)19)13(17)15-8-10-3-2-6-14-10;/h4-5,7,10,14H,2-3,6,8H2,1H3,(H,15,17);1H. The van der Waals surface area contributed by atoms with E-state index in [2.05, 4.69) is 10.6 Å². The molecule has 0 saturated carbocycles. The molecule has 1 atom stereocenters. The third-order valence-corrected chi connectivity index (χ3v) is 3.31. The average Bonchev–Trinajstić information content (AvgIpc) is 2.97. The highest BCUT2D eigenvalue weighted by Crippen LogP contribution is 2.27. The van der Waals surface area contributed by atoms with E-state index in [9.17, 15) is 14.9 Å². The zero-order valence-corrected chi connectivity index (χ0v) is 12.4. The van der Waals surface area contributed by atoms with E-state index >= 15 is 0 Å². The zero-order chi connectivity index (χ0) is 14.5. The van der Waals surface area contributed by atoms with E-state index in [1.165, 1.54) is 25.3 Å². The van der Waals surface area contributed by atoms with E-state index in [1.54, 1.807) is 0 Å². The number of halogens is 1. The highest BCUT2D eigenvalue weighted by atomic mass is 35.5. The van der Waals surface area contributed by atoms with E-state index in [-0.39, 0.29) is 29.8 Å². The fraction of sp³-hybridized carbons (Fsp3) is 0.462. The molecule has 1 aromatic carbocycles. The van der Waals surface area contributed by atoms with E-state index in [0.29, 0.717) is 18.2 Å². The first-order valence-electron chi connectivity index (χ1n) is 6.46. The minimum atomic E-state index is -0.539. The van der Waals surface area contributed by atoms with Crippen molar-refractivity contribution in [1.29, 1.82) is 0 Å². The summed E-state index contributed by atoms with van der Waals surface area (Å²) in [6.45, 7) is 1.53. The predicted molar refractivity (Wildman–Crippen MR) is 80.3 cm³/mol. The Bertz CT molecular complexity index is 518. The summed E-state index contributed by atoms with van der Waals surface area (Å²) in [6, 6.07) is 4.40. The van der Waals surface area contributed by atoms with Gasteiger partial charge in [0.2, 0.25) is 0 Å². The lowest BCUT2D eigenvalue weighted by atomic mass is 10.1. The lowest BCUT2D eigenvalue weighted by molar-refractivity contribution is -0.385. The van der Waals surface area contributed by atoms with Gasteiger partial charge in [0.15, 0.2) is 5.75 Å². The van der Waals surface area contributed by atoms with Crippen LogP contribution in [-0.2, 0) is 0 Å². The van der Waals surface area contributed by atoms with Crippen LogP contribution in [0.2, 0.25) is 0 Å². The first kappa shape index (κ1) is 17.2. The van der Waals surface area contributed by atoms with Gasteiger partial charge in [-0.1, -0.05) is 0 Å². The summed E-state index contributed by atoms with van der Waals surface area (Å²) in [5.74, 6) is -0.173. The maximum atomic E-state index is 12.0. The van der Waals surface area contributed by atoms with Gasteiger partial charge in [0.1, 0.15) is 0 Å². The molecule has 116 valence electrons. The van der Waals surface area contributed by atoms with Gasteiger partial charge >= 0.3 is 5.69 Å². The number of nitrogens with zero attached hydrogens (tertiary/aromatic N) is 1. The molecular formula is C13H18ClN3O4. The van der Waals surface area contributed by atoms with E-state index in [4.69, 9.17) is 4.74 Å². The maximum Gasteiger partial charge on any atom is 0.310 e. The molecule has 7 nitrogen and oxygen atoms in total. The Labute approximate surface area is 128 Å². The summed E-state index contributed by atoms with van der Waals surface area (Å²) < 4.78 is 4.94. The second-order valence-electron chi connectivity index (χ2n) is 4.65. The lowest BCUT2D eigenvalue weighted by Crippen LogP contribution is -2.37. The molecule has 1 unspecified atom stereocenters. The molecule has 21 heavy (non-hydrogen) atoms. The second kappa shape index (κ2) is 7.80. The number of ether oxygens (including phenoxy) is 1. The monoisotopic (exact) mass is 315 g/mol. The SMILES string of the molecule is COc1cc(C(=O)NCC2CCCN2)ccc1[N+](=O)[O-].Cl. The normalized spacial score (nSPS) is 16.9. The average molecular weight is 316 g/mol. The summed E-state index contributed by atoms with van der Waals surface area (Å²) in [4.78, 5) is 22.2. The summed E-state index contributed by atoms with van der Waals surface area (Å²) >= 11 is 0. The van der Waals surface area contributed by atoms with Crippen molar-refractivity contribution in [3.63, 3.8) is 0 Å². The van der Waals surface area contributed by atoms with Crippen molar-refractivity contribution < 1.29 is 14.5 Å². The molecule has 1 amide bonds. The Morgan fingerprint density at radius 1 is 1.57 bits per heavy atom. The molecule has 1 aromatic rings. The highest BCUT2D eigenvalue weighted by Gasteiger charge is 2.19. The molecule has 1 fully saturated rings. The highest BCUT2D eigenvalue weighted by molar-refractivity contribution is 5.95. The Hall–Kier alpha value is -1.86. The summed E-state index contributed by atoms with van der Waals surface area (Å²) in [7, 11) is 1.34. The van der Waals surface area contributed by atoms with Crippen LogP contribution in [0.3, 0.4) is 0 Å². The van der Waals surface area contributed by atoms with E-state index in [0.717, 1.165) is 19.4 Å². The van der Waals surface area contributed by atoms with Gasteiger partial charge < -0.3 is 15.4 Å². The fourth-order valence-corrected chi connectivity index (χ4v) is 2.22. The van der Waals surface area contributed by atoms with Gasteiger partial charge in [-0.25, -0.2) is 0 Å². The van der Waals surface area contributed by atoms with Crippen molar-refractivity contribution in [2.75, 3.05) is 20.2 Å². The van der Waals surface area contributed by atoms with E-state index in [1.807, 2.05) is 0 Å². The number of benzene rings is 1. The third-order valence-electron chi connectivity index (χ3n) is 3.31. The summed E-state index contributed by atoms with van der Waals surface area (Å²) in [5, 5.41) is 16.9. The molecular weight excluding hydrogens is 298 g/mol. The number of carbonyl (C=O) groups is 1. The molecule has 0 aliphatic carbocycles. The number of hydrogen-bond donors (Lipinski definition) is 2. The number of nitro groups is 1. The number of hydrogen-bond acceptors (Lipinski definition) is 5. The number of methoxy groups -OCH3 is 1. The van der Waals surface area contributed by atoms with Crippen LogP contribution in [0, 0.1) is 10.1 Å². The van der Waals surface area contributed by atoms with Crippen LogP contribution in [0.25, 0.3) is 0 Å². The van der Waals surface area contributed by atoms with Crippen molar-refractivity contribution in [1.82, 2.24) is 10.6 Å². The minimum Gasteiger partial charge on any atom is -0.490 e. The predicted octanol–water partition coefficient (Wildman–Crippen LogP) is 1.51. The summed E-state index contributed by atoms with van der Waals surface area (Å²) in [6.07, 6.45) is 2.16. The number of carbonyl (C=O) groups excluding carboxylic acids is 1. The topological polar surface area (TPSA) is 93.5 Å². The molecule has 0 aromatic heterocycles. The molecule has 2 N–H and O–H groups in total. The molecule has 1 heterocycles. The molecule has 1 aliphatic rings. The van der Waals surface area contributed by atoms with Crippen LogP contribution in [0.5, 0.6) is 5.75 Å². The second-order valence-corrected chi connectivity index (χ2v) is 4.65. The minimum absolute atomic E-state index is 0. The molecule has 1 aliphatic heterocycles. The van der Waals surface area contributed by atoms with E-state index < -0.39 is 4.92 Å². The number of rotatable bonds is 5. The van der Waals surface area contributed by atoms with Gasteiger partial charge in [-0.2, -0.15) is 0 Å². The fourth-order valence-electron chi connectivity index (χ4n) is 2.22. The molecule has 0 bridgehead atoms. The molecule has 8 heteroatoms. The van der Waals surface area contributed by atoms with Gasteiger partial charge in [-0.3, -0.25) is 14.9 Å². The van der Waals surface area contributed by atoms with Crippen LogP contribution < -0.4 is 15.4 Å². The number of amides is 1. The zero-order valence-electron chi connectivity index (χ0n) is 11.6. The smallest absolute Gasteiger partial charge is 0.310 e. The van der Waals surface area contributed by atoms with Gasteiger partial charge in [-0.15, -0.1) is 12.4 Å². The van der Waals surface area contributed by atoms with Gasteiger partial charge in [-0.05, 0) is 25.5 Å². The van der Waals surface area contributed by atoms with Crippen molar-refractivity contribution in [3.05, 3.63) is 33.9 Å². The van der Waals surface area contributed by atoms with Crippen LogP contribution in [0.1, 0.15) is 23.2 Å².